The molecule has 1 amide bonds. The van der Waals surface area contributed by atoms with Gasteiger partial charge in [0.05, 0.1) is 12.9 Å². The molecule has 1 atom stereocenters. The topological polar surface area (TPSA) is 86.5 Å². The Morgan fingerprint density at radius 3 is 2.69 bits per heavy atom. The Labute approximate surface area is 171 Å². The molecule has 2 aromatic carbocycles. The summed E-state index contributed by atoms with van der Waals surface area (Å²) in [6.45, 7) is 2.09. The van der Waals surface area contributed by atoms with Crippen molar-refractivity contribution in [2.24, 2.45) is 0 Å². The molecule has 0 aliphatic rings. The van der Waals surface area contributed by atoms with Crippen LogP contribution < -0.4 is 14.8 Å². The van der Waals surface area contributed by atoms with Gasteiger partial charge in [0, 0.05) is 6.54 Å². The van der Waals surface area contributed by atoms with Crippen LogP contribution in [0.5, 0.6) is 11.5 Å². The van der Waals surface area contributed by atoms with E-state index < -0.39 is 11.9 Å². The number of carbonyl (C=O) groups is 1. The molecule has 0 fully saturated rings. The Morgan fingerprint density at radius 1 is 1.21 bits per heavy atom. The maximum Gasteiger partial charge on any atom is 0.277 e. The summed E-state index contributed by atoms with van der Waals surface area (Å²) in [5.74, 6) is 0.555. The summed E-state index contributed by atoms with van der Waals surface area (Å²) in [5.41, 5.74) is 0.961. The number of nitrogens with zero attached hydrogens (tertiary/aromatic N) is 2. The highest BCUT2D eigenvalue weighted by atomic mass is 32.2. The van der Waals surface area contributed by atoms with Gasteiger partial charge in [0.25, 0.3) is 11.1 Å². The maximum atomic E-state index is 13.7. The number of methoxy groups -OCH3 is 1. The lowest BCUT2D eigenvalue weighted by atomic mass is 10.2. The number of ether oxygens (including phenoxy) is 2. The molecule has 0 radical (unpaired) electrons. The molecule has 1 N–H and O–H groups in total. The van der Waals surface area contributed by atoms with Crippen LogP contribution in [-0.2, 0) is 11.3 Å². The van der Waals surface area contributed by atoms with E-state index in [9.17, 15) is 9.18 Å². The molecule has 0 aliphatic heterocycles. The highest BCUT2D eigenvalue weighted by Crippen LogP contribution is 2.25. The summed E-state index contributed by atoms with van der Waals surface area (Å²) in [5, 5.41) is 10.8. The molecule has 3 rings (SSSR count). The molecule has 0 spiro atoms. The molecule has 9 heteroatoms. The molecule has 1 heterocycles. The molecule has 3 aromatic rings. The number of hydrogen-bond donors (Lipinski definition) is 1. The first-order valence-electron chi connectivity index (χ1n) is 8.82. The summed E-state index contributed by atoms with van der Waals surface area (Å²) in [6.07, 6.45) is -0.627. The maximum absolute atomic E-state index is 13.7. The molecule has 29 heavy (non-hydrogen) atoms. The van der Waals surface area contributed by atoms with E-state index in [1.54, 1.807) is 26.2 Å². The predicted octanol–water partition coefficient (Wildman–Crippen LogP) is 3.77. The summed E-state index contributed by atoms with van der Waals surface area (Å²) in [7, 11) is 1.60. The Kier molecular flexibility index (Phi) is 7.07. The number of aromatic nitrogens is 2. The minimum absolute atomic E-state index is 0.102. The van der Waals surface area contributed by atoms with Crippen LogP contribution in [0.1, 0.15) is 24.5 Å². The third-order valence-corrected chi connectivity index (χ3v) is 4.70. The molecule has 0 aliphatic carbocycles. The van der Waals surface area contributed by atoms with E-state index in [-0.39, 0.29) is 28.5 Å². The van der Waals surface area contributed by atoms with Crippen LogP contribution in [0.15, 0.2) is 58.2 Å². The van der Waals surface area contributed by atoms with Crippen LogP contribution in [0.2, 0.25) is 0 Å². The molecule has 0 saturated heterocycles. The fraction of sp³-hybridized carbons (Fsp3) is 0.250. The van der Waals surface area contributed by atoms with Crippen molar-refractivity contribution in [1.29, 1.82) is 0 Å². The van der Waals surface area contributed by atoms with E-state index in [0.717, 1.165) is 23.1 Å². The van der Waals surface area contributed by atoms with E-state index >= 15 is 0 Å². The van der Waals surface area contributed by atoms with E-state index in [1.807, 2.05) is 24.3 Å². The molecule has 1 aromatic heterocycles. The lowest BCUT2D eigenvalue weighted by molar-refractivity contribution is -0.118. The number of thioether (sulfide) groups is 1. The first-order valence-corrected chi connectivity index (χ1v) is 9.80. The largest absolute Gasteiger partial charge is 0.497 e. The van der Waals surface area contributed by atoms with E-state index in [2.05, 4.69) is 15.5 Å². The lowest BCUT2D eigenvalue weighted by Crippen LogP contribution is -2.24. The minimum Gasteiger partial charge on any atom is -0.497 e. The van der Waals surface area contributed by atoms with Crippen LogP contribution in [0.4, 0.5) is 4.39 Å². The highest BCUT2D eigenvalue weighted by molar-refractivity contribution is 7.99. The molecule has 0 saturated carbocycles. The quantitative estimate of drug-likeness (QED) is 0.531. The number of halogens is 1. The third kappa shape index (κ3) is 5.95. The van der Waals surface area contributed by atoms with Gasteiger partial charge in [0.15, 0.2) is 17.7 Å². The van der Waals surface area contributed by atoms with Crippen molar-refractivity contribution in [2.75, 3.05) is 12.9 Å². The molecule has 0 bridgehead atoms. The minimum atomic E-state index is -0.627. The number of rotatable bonds is 9. The van der Waals surface area contributed by atoms with Crippen LogP contribution in [0.3, 0.4) is 0 Å². The number of nitrogens with one attached hydrogen (secondary N) is 1. The zero-order valence-electron chi connectivity index (χ0n) is 15.9. The van der Waals surface area contributed by atoms with Gasteiger partial charge in [-0.05, 0) is 36.8 Å². The van der Waals surface area contributed by atoms with E-state index in [0.29, 0.717) is 6.54 Å². The first kappa shape index (κ1) is 20.7. The zero-order valence-corrected chi connectivity index (χ0v) is 16.7. The number of benzene rings is 2. The van der Waals surface area contributed by atoms with Gasteiger partial charge in [-0.25, -0.2) is 4.39 Å². The fourth-order valence-electron chi connectivity index (χ4n) is 2.35. The normalized spacial score (nSPS) is 11.7. The van der Waals surface area contributed by atoms with Gasteiger partial charge in [-0.3, -0.25) is 4.79 Å². The van der Waals surface area contributed by atoms with E-state index in [4.69, 9.17) is 13.9 Å². The second kappa shape index (κ2) is 9.92. The van der Waals surface area contributed by atoms with Crippen LogP contribution in [0, 0.1) is 5.82 Å². The number of carbonyl (C=O) groups excluding carboxylic acids is 1. The summed E-state index contributed by atoms with van der Waals surface area (Å²) < 4.78 is 29.8. The SMILES string of the molecule is COc1ccc(CNC(=O)CSc2nnc([C@H](C)Oc3ccccc3F)o2)cc1. The van der Waals surface area contributed by atoms with Gasteiger partial charge in [-0.2, -0.15) is 0 Å². The summed E-state index contributed by atoms with van der Waals surface area (Å²) in [4.78, 5) is 12.0. The smallest absolute Gasteiger partial charge is 0.277 e. The predicted molar refractivity (Wildman–Crippen MR) is 105 cm³/mol. The van der Waals surface area contributed by atoms with Gasteiger partial charge < -0.3 is 19.2 Å². The number of hydrogen-bond acceptors (Lipinski definition) is 7. The van der Waals surface area contributed by atoms with Crippen molar-refractivity contribution in [3.63, 3.8) is 0 Å². The molecule has 0 unspecified atom stereocenters. The summed E-state index contributed by atoms with van der Waals surface area (Å²) >= 11 is 1.12. The highest BCUT2D eigenvalue weighted by Gasteiger charge is 2.18. The Balaban J connectivity index is 1.45. The van der Waals surface area contributed by atoms with Crippen molar-refractivity contribution < 1.29 is 23.1 Å². The fourth-order valence-corrected chi connectivity index (χ4v) is 2.95. The standard InChI is InChI=1S/C20H20FN3O4S/c1-13(27-17-6-4-3-5-16(17)21)19-23-24-20(28-19)29-12-18(25)22-11-14-7-9-15(26-2)10-8-14/h3-10,13H,11-12H2,1-2H3,(H,22,25)/t13-/m0/s1. The van der Waals surface area contributed by atoms with Crippen LogP contribution >= 0.6 is 11.8 Å². The Hall–Kier alpha value is -3.07. The van der Waals surface area contributed by atoms with Gasteiger partial charge >= 0.3 is 0 Å². The van der Waals surface area contributed by atoms with Crippen molar-refractivity contribution >= 4 is 17.7 Å². The lowest BCUT2D eigenvalue weighted by Gasteiger charge is -2.11. The molecular formula is C20H20FN3O4S. The van der Waals surface area contributed by atoms with Gasteiger partial charge in [0.2, 0.25) is 5.91 Å². The van der Waals surface area contributed by atoms with Crippen molar-refractivity contribution in [1.82, 2.24) is 15.5 Å². The van der Waals surface area contributed by atoms with Crippen molar-refractivity contribution in [3.05, 3.63) is 65.8 Å². The molecule has 152 valence electrons. The van der Waals surface area contributed by atoms with Gasteiger partial charge in [-0.1, -0.05) is 36.0 Å². The number of amides is 1. The first-order chi connectivity index (χ1) is 14.0. The third-order valence-electron chi connectivity index (χ3n) is 3.89. The summed E-state index contributed by atoms with van der Waals surface area (Å²) in [6, 6.07) is 13.5. The zero-order chi connectivity index (χ0) is 20.6. The second-order valence-corrected chi connectivity index (χ2v) is 6.94. The van der Waals surface area contributed by atoms with Crippen LogP contribution in [-0.4, -0.2) is 29.0 Å². The van der Waals surface area contributed by atoms with E-state index in [1.165, 1.54) is 12.1 Å². The number of para-hydroxylation sites is 1. The Bertz CT molecular complexity index is 949. The van der Waals surface area contributed by atoms with Crippen molar-refractivity contribution in [3.8, 4) is 11.5 Å². The van der Waals surface area contributed by atoms with Gasteiger partial charge in [0.1, 0.15) is 5.75 Å². The van der Waals surface area contributed by atoms with Crippen LogP contribution in [0.25, 0.3) is 0 Å². The average molecular weight is 417 g/mol. The molecular weight excluding hydrogens is 397 g/mol. The van der Waals surface area contributed by atoms with Crippen molar-refractivity contribution in [2.45, 2.75) is 24.8 Å². The second-order valence-electron chi connectivity index (χ2n) is 6.01. The van der Waals surface area contributed by atoms with Gasteiger partial charge in [-0.15, -0.1) is 10.2 Å². The molecule has 7 nitrogen and oxygen atoms in total. The Morgan fingerprint density at radius 2 is 1.97 bits per heavy atom. The average Bonchev–Trinajstić information content (AvgIpc) is 3.22. The monoisotopic (exact) mass is 417 g/mol.